The summed E-state index contributed by atoms with van der Waals surface area (Å²) < 4.78 is 0. The average Bonchev–Trinajstić information content (AvgIpc) is 2.96. The summed E-state index contributed by atoms with van der Waals surface area (Å²) in [7, 11) is 0. The Kier molecular flexibility index (Phi) is 5.08. The first-order valence-corrected chi connectivity index (χ1v) is 8.25. The molecule has 116 valence electrons. The van der Waals surface area contributed by atoms with Crippen molar-refractivity contribution in [3.8, 4) is 0 Å². The summed E-state index contributed by atoms with van der Waals surface area (Å²) in [5.41, 5.74) is 5.05. The smallest absolute Gasteiger partial charge is 0.237 e. The first-order valence-electron chi connectivity index (χ1n) is 8.25. The van der Waals surface area contributed by atoms with Crippen molar-refractivity contribution >= 4 is 5.91 Å². The zero-order valence-electron chi connectivity index (χ0n) is 13.3. The number of nitrogens with zero attached hydrogens (tertiary/aromatic N) is 1. The van der Waals surface area contributed by atoms with Gasteiger partial charge in [0.2, 0.25) is 5.91 Å². The lowest BCUT2D eigenvalue weighted by molar-refractivity contribution is -0.124. The summed E-state index contributed by atoms with van der Waals surface area (Å²) >= 11 is 0. The van der Waals surface area contributed by atoms with Gasteiger partial charge in [-0.25, -0.2) is 0 Å². The highest BCUT2D eigenvalue weighted by Crippen LogP contribution is 2.39. The van der Waals surface area contributed by atoms with Crippen LogP contribution >= 0.6 is 0 Å². The fourth-order valence-electron chi connectivity index (χ4n) is 4.01. The Hall–Kier alpha value is -0.610. The fourth-order valence-corrected chi connectivity index (χ4v) is 4.01. The monoisotopic (exact) mass is 281 g/mol. The molecule has 0 radical (unpaired) electrons. The second-order valence-electron chi connectivity index (χ2n) is 7.08. The molecule has 1 heterocycles. The van der Waals surface area contributed by atoms with Gasteiger partial charge in [0, 0.05) is 19.1 Å². The summed E-state index contributed by atoms with van der Waals surface area (Å²) in [4.78, 5) is 14.4. The van der Waals surface area contributed by atoms with Gasteiger partial charge in [0.15, 0.2) is 0 Å². The zero-order valence-corrected chi connectivity index (χ0v) is 13.3. The second-order valence-corrected chi connectivity index (χ2v) is 7.08. The van der Waals surface area contributed by atoms with E-state index in [1.165, 1.54) is 32.4 Å². The third-order valence-electron chi connectivity index (χ3n) is 5.39. The molecule has 0 spiro atoms. The lowest BCUT2D eigenvalue weighted by Gasteiger charge is -2.34. The number of rotatable bonds is 7. The number of carbonyl (C=O) groups excluding carboxylic acids is 1. The molecule has 4 unspecified atom stereocenters. The lowest BCUT2D eigenvalue weighted by Crippen LogP contribution is -2.56. The highest BCUT2D eigenvalue weighted by Gasteiger charge is 2.40. The van der Waals surface area contributed by atoms with Gasteiger partial charge in [0.1, 0.15) is 0 Å². The molecule has 2 aliphatic rings. The van der Waals surface area contributed by atoms with Gasteiger partial charge in [-0.15, -0.1) is 0 Å². The molecule has 0 aromatic rings. The van der Waals surface area contributed by atoms with E-state index in [2.05, 4.69) is 24.1 Å². The standard InChI is InChI=1S/C16H31N3O/c1-4-8-18-16(3,15(17)20)9-12(2)19-10-13-6-5-7-14(13)11-19/h12-14,18H,4-11H2,1-3H3,(H2,17,20). The Balaban J connectivity index is 1.91. The van der Waals surface area contributed by atoms with Crippen LogP contribution < -0.4 is 11.1 Å². The quantitative estimate of drug-likeness (QED) is 0.747. The van der Waals surface area contributed by atoms with E-state index in [-0.39, 0.29) is 5.91 Å². The first kappa shape index (κ1) is 15.8. The summed E-state index contributed by atoms with van der Waals surface area (Å²) in [6.07, 6.45) is 6.03. The number of amides is 1. The molecule has 0 aromatic carbocycles. The molecule has 0 bridgehead atoms. The number of fused-ring (bicyclic) bond motifs is 1. The molecule has 1 aliphatic heterocycles. The van der Waals surface area contributed by atoms with E-state index in [0.717, 1.165) is 31.2 Å². The van der Waals surface area contributed by atoms with E-state index in [1.54, 1.807) is 0 Å². The molecule has 1 saturated carbocycles. The van der Waals surface area contributed by atoms with E-state index >= 15 is 0 Å². The first-order chi connectivity index (χ1) is 9.46. The maximum absolute atomic E-state index is 11.8. The van der Waals surface area contributed by atoms with Crippen molar-refractivity contribution in [1.82, 2.24) is 10.2 Å². The minimum Gasteiger partial charge on any atom is -0.368 e. The molecule has 2 rings (SSSR count). The van der Waals surface area contributed by atoms with Gasteiger partial charge in [-0.3, -0.25) is 4.79 Å². The Morgan fingerprint density at radius 3 is 2.50 bits per heavy atom. The van der Waals surface area contributed by atoms with Crippen molar-refractivity contribution in [2.24, 2.45) is 17.6 Å². The van der Waals surface area contributed by atoms with Crippen molar-refractivity contribution in [3.05, 3.63) is 0 Å². The minimum absolute atomic E-state index is 0.225. The summed E-state index contributed by atoms with van der Waals surface area (Å²) in [5, 5.41) is 3.35. The predicted molar refractivity (Wildman–Crippen MR) is 82.4 cm³/mol. The number of carbonyl (C=O) groups is 1. The van der Waals surface area contributed by atoms with E-state index in [0.29, 0.717) is 6.04 Å². The molecule has 4 heteroatoms. The van der Waals surface area contributed by atoms with Crippen molar-refractivity contribution in [2.45, 2.75) is 64.5 Å². The summed E-state index contributed by atoms with van der Waals surface area (Å²) in [5.74, 6) is 1.58. The molecule has 1 amide bonds. The number of primary amides is 1. The summed E-state index contributed by atoms with van der Waals surface area (Å²) in [6, 6.07) is 0.419. The van der Waals surface area contributed by atoms with Gasteiger partial charge in [-0.2, -0.15) is 0 Å². The van der Waals surface area contributed by atoms with Crippen molar-refractivity contribution in [3.63, 3.8) is 0 Å². The average molecular weight is 281 g/mol. The van der Waals surface area contributed by atoms with Crippen LogP contribution in [0.4, 0.5) is 0 Å². The summed E-state index contributed by atoms with van der Waals surface area (Å²) in [6.45, 7) is 9.59. The van der Waals surface area contributed by atoms with Crippen LogP contribution in [0, 0.1) is 11.8 Å². The Morgan fingerprint density at radius 2 is 2.00 bits per heavy atom. The third-order valence-corrected chi connectivity index (χ3v) is 5.39. The van der Waals surface area contributed by atoms with Crippen LogP contribution in [0.3, 0.4) is 0 Å². The van der Waals surface area contributed by atoms with Crippen molar-refractivity contribution < 1.29 is 4.79 Å². The van der Waals surface area contributed by atoms with Crippen molar-refractivity contribution in [1.29, 1.82) is 0 Å². The SMILES string of the molecule is CCCNC(C)(CC(C)N1CC2CCCC2C1)C(N)=O. The second kappa shape index (κ2) is 6.44. The molecular weight excluding hydrogens is 250 g/mol. The number of nitrogens with one attached hydrogen (secondary N) is 1. The van der Waals surface area contributed by atoms with Gasteiger partial charge in [-0.05, 0) is 57.9 Å². The van der Waals surface area contributed by atoms with Crippen LogP contribution in [0.1, 0.15) is 52.9 Å². The molecular formula is C16H31N3O. The number of likely N-dealkylation sites (tertiary alicyclic amines) is 1. The lowest BCUT2D eigenvalue weighted by atomic mass is 9.92. The molecule has 20 heavy (non-hydrogen) atoms. The van der Waals surface area contributed by atoms with Crippen LogP contribution in [-0.2, 0) is 4.79 Å². The van der Waals surface area contributed by atoms with Gasteiger partial charge >= 0.3 is 0 Å². The van der Waals surface area contributed by atoms with Crippen molar-refractivity contribution in [2.75, 3.05) is 19.6 Å². The molecule has 4 atom stereocenters. The largest absolute Gasteiger partial charge is 0.368 e. The Labute approximate surface area is 123 Å². The molecule has 1 aliphatic carbocycles. The van der Waals surface area contributed by atoms with E-state index in [9.17, 15) is 4.79 Å². The van der Waals surface area contributed by atoms with E-state index < -0.39 is 5.54 Å². The fraction of sp³-hybridized carbons (Fsp3) is 0.938. The van der Waals surface area contributed by atoms with Gasteiger partial charge in [0.05, 0.1) is 5.54 Å². The molecule has 2 fully saturated rings. The van der Waals surface area contributed by atoms with E-state index in [1.807, 2.05) is 6.92 Å². The maximum Gasteiger partial charge on any atom is 0.237 e. The van der Waals surface area contributed by atoms with Gasteiger partial charge in [0.25, 0.3) is 0 Å². The van der Waals surface area contributed by atoms with Gasteiger partial charge < -0.3 is 16.0 Å². The predicted octanol–water partition coefficient (Wildman–Crippen LogP) is 1.74. The Morgan fingerprint density at radius 1 is 1.40 bits per heavy atom. The van der Waals surface area contributed by atoms with Crippen LogP contribution in [-0.4, -0.2) is 42.0 Å². The number of hydrogen-bond donors (Lipinski definition) is 2. The maximum atomic E-state index is 11.8. The number of nitrogens with two attached hydrogens (primary N) is 1. The highest BCUT2D eigenvalue weighted by atomic mass is 16.1. The topological polar surface area (TPSA) is 58.4 Å². The highest BCUT2D eigenvalue weighted by molar-refractivity contribution is 5.84. The van der Waals surface area contributed by atoms with Crippen LogP contribution in [0.15, 0.2) is 0 Å². The number of hydrogen-bond acceptors (Lipinski definition) is 3. The molecule has 4 nitrogen and oxygen atoms in total. The Bertz CT molecular complexity index is 335. The molecule has 3 N–H and O–H groups in total. The van der Waals surface area contributed by atoms with E-state index in [4.69, 9.17) is 5.73 Å². The van der Waals surface area contributed by atoms with Gasteiger partial charge in [-0.1, -0.05) is 13.3 Å². The van der Waals surface area contributed by atoms with Crippen LogP contribution in [0.5, 0.6) is 0 Å². The third kappa shape index (κ3) is 3.34. The van der Waals surface area contributed by atoms with Crippen LogP contribution in [0.25, 0.3) is 0 Å². The molecule has 1 saturated heterocycles. The zero-order chi connectivity index (χ0) is 14.8. The normalized spacial score (nSPS) is 30.9. The molecule has 0 aromatic heterocycles. The minimum atomic E-state index is -0.576. The van der Waals surface area contributed by atoms with Crippen LogP contribution in [0.2, 0.25) is 0 Å².